The first-order valence-electron chi connectivity index (χ1n) is 19.1. The maximum atomic E-state index is 13.7. The minimum atomic E-state index is -1.25. The van der Waals surface area contributed by atoms with Crippen LogP contribution in [0.5, 0.6) is 0 Å². The fourth-order valence-electron chi connectivity index (χ4n) is 6.18. The molecule has 3 unspecified atom stereocenters. The molecule has 0 fully saturated rings. The summed E-state index contributed by atoms with van der Waals surface area (Å²) >= 11 is 0. The number of esters is 1. The second-order valence-corrected chi connectivity index (χ2v) is 13.6. The van der Waals surface area contributed by atoms with Crippen molar-refractivity contribution in [2.75, 3.05) is 13.2 Å². The van der Waals surface area contributed by atoms with Crippen LogP contribution in [-0.2, 0) is 19.1 Å². The molecule has 0 aromatic carbocycles. The van der Waals surface area contributed by atoms with Crippen LogP contribution in [0.15, 0.2) is 12.2 Å². The largest absolute Gasteiger partial charge is 0.481 e. The van der Waals surface area contributed by atoms with E-state index >= 15 is 0 Å². The number of carbonyl (C=O) groups is 3. The van der Waals surface area contributed by atoms with Crippen molar-refractivity contribution >= 4 is 17.8 Å². The fraction of sp³-hybridized carbons (Fsp3) is 0.872. The van der Waals surface area contributed by atoms with E-state index in [1.54, 1.807) is 0 Å². The van der Waals surface area contributed by atoms with Crippen molar-refractivity contribution in [1.82, 2.24) is 5.32 Å². The van der Waals surface area contributed by atoms with Crippen molar-refractivity contribution in [3.63, 3.8) is 0 Å². The van der Waals surface area contributed by atoms with E-state index in [1.165, 1.54) is 57.8 Å². The lowest BCUT2D eigenvalue weighted by Gasteiger charge is -2.34. The lowest BCUT2D eigenvalue weighted by atomic mass is 9.74. The number of ether oxygens (including phenoxy) is 1. The van der Waals surface area contributed by atoms with Gasteiger partial charge in [-0.25, -0.2) is 0 Å². The average molecular weight is 636 g/mol. The van der Waals surface area contributed by atoms with Gasteiger partial charge in [0.1, 0.15) is 0 Å². The Morgan fingerprint density at radius 1 is 0.689 bits per heavy atom. The van der Waals surface area contributed by atoms with E-state index in [1.807, 2.05) is 0 Å². The number of rotatable bonds is 32. The highest BCUT2D eigenvalue weighted by Gasteiger charge is 2.44. The van der Waals surface area contributed by atoms with Crippen molar-refractivity contribution in [3.8, 4) is 0 Å². The van der Waals surface area contributed by atoms with Gasteiger partial charge in [0.2, 0.25) is 5.91 Å². The first-order valence-corrected chi connectivity index (χ1v) is 19.1. The van der Waals surface area contributed by atoms with Crippen molar-refractivity contribution < 1.29 is 24.2 Å². The smallest absolute Gasteiger partial charge is 0.314 e. The molecule has 6 nitrogen and oxygen atoms in total. The molecule has 2 N–H and O–H groups in total. The van der Waals surface area contributed by atoms with Gasteiger partial charge in [0, 0.05) is 13.0 Å². The second kappa shape index (κ2) is 29.5. The van der Waals surface area contributed by atoms with E-state index < -0.39 is 17.4 Å². The Bertz CT molecular complexity index is 767. The number of carbonyl (C=O) groups excluding carboxylic acids is 2. The van der Waals surface area contributed by atoms with Crippen molar-refractivity contribution in [3.05, 3.63) is 12.2 Å². The summed E-state index contributed by atoms with van der Waals surface area (Å²) in [5, 5.41) is 12.9. The molecule has 0 rings (SSSR count). The minimum Gasteiger partial charge on any atom is -0.481 e. The van der Waals surface area contributed by atoms with Crippen LogP contribution in [0.3, 0.4) is 0 Å². The van der Waals surface area contributed by atoms with Gasteiger partial charge >= 0.3 is 11.9 Å². The molecule has 1 amide bonds. The molecule has 0 aromatic rings. The van der Waals surface area contributed by atoms with E-state index in [9.17, 15) is 19.5 Å². The minimum absolute atomic E-state index is 0.0242. The van der Waals surface area contributed by atoms with E-state index in [-0.39, 0.29) is 30.7 Å². The summed E-state index contributed by atoms with van der Waals surface area (Å²) in [6.07, 6.45) is 28.8. The zero-order valence-corrected chi connectivity index (χ0v) is 30.3. The Morgan fingerprint density at radius 3 is 1.73 bits per heavy atom. The summed E-state index contributed by atoms with van der Waals surface area (Å²) in [4.78, 5) is 38.7. The highest BCUT2D eigenvalue weighted by atomic mass is 16.5. The lowest BCUT2D eigenvalue weighted by Crippen LogP contribution is -2.47. The van der Waals surface area contributed by atoms with Crippen LogP contribution in [0.25, 0.3) is 0 Å². The topological polar surface area (TPSA) is 92.7 Å². The van der Waals surface area contributed by atoms with Crippen molar-refractivity contribution in [2.45, 2.75) is 189 Å². The first kappa shape index (κ1) is 43.1. The van der Waals surface area contributed by atoms with E-state index in [0.717, 1.165) is 77.0 Å². The summed E-state index contributed by atoms with van der Waals surface area (Å²) < 4.78 is 5.87. The molecule has 0 saturated heterocycles. The zero-order valence-electron chi connectivity index (χ0n) is 30.3. The second-order valence-electron chi connectivity index (χ2n) is 13.6. The Hall–Kier alpha value is -1.85. The molecule has 0 aliphatic rings. The van der Waals surface area contributed by atoms with Gasteiger partial charge in [0.05, 0.1) is 18.4 Å². The molecule has 0 bridgehead atoms. The van der Waals surface area contributed by atoms with Crippen LogP contribution in [0.1, 0.15) is 189 Å². The number of amides is 1. The summed E-state index contributed by atoms with van der Waals surface area (Å²) in [6, 6.07) is 0. The number of carboxylic acids is 1. The molecule has 0 aliphatic heterocycles. The lowest BCUT2D eigenvalue weighted by molar-refractivity contribution is -0.164. The molecular weight excluding hydrogens is 562 g/mol. The number of allylic oxidation sites excluding steroid dienone is 2. The van der Waals surface area contributed by atoms with E-state index in [2.05, 4.69) is 52.1 Å². The van der Waals surface area contributed by atoms with Gasteiger partial charge in [-0.3, -0.25) is 14.4 Å². The summed E-state index contributed by atoms with van der Waals surface area (Å²) in [6.45, 7) is 11.1. The molecule has 45 heavy (non-hydrogen) atoms. The van der Waals surface area contributed by atoms with Gasteiger partial charge in [-0.1, -0.05) is 143 Å². The molecule has 0 radical (unpaired) electrons. The third-order valence-electron chi connectivity index (χ3n) is 9.43. The predicted molar refractivity (Wildman–Crippen MR) is 189 cm³/mol. The number of hydrogen-bond acceptors (Lipinski definition) is 4. The third kappa shape index (κ3) is 23.2. The number of nitrogens with one attached hydrogen (secondary N) is 1. The normalized spacial score (nSPS) is 14.2. The van der Waals surface area contributed by atoms with Crippen molar-refractivity contribution in [1.29, 1.82) is 0 Å². The van der Waals surface area contributed by atoms with Crippen LogP contribution in [0.4, 0.5) is 0 Å². The molecular formula is C39H73NO5. The molecule has 264 valence electrons. The fourth-order valence-corrected chi connectivity index (χ4v) is 6.18. The Balaban J connectivity index is 4.85. The first-order chi connectivity index (χ1) is 21.8. The summed E-state index contributed by atoms with van der Waals surface area (Å²) in [7, 11) is 0. The Morgan fingerprint density at radius 2 is 1.20 bits per heavy atom. The SMILES string of the molecule is CCCCCCCC/C=C\CCCCCCCC(=O)NCC(CC(=O)O)(CC(CC)CCCC)C(=O)OCC(CC)CCCC. The molecule has 0 spiro atoms. The highest BCUT2D eigenvalue weighted by Crippen LogP contribution is 2.36. The average Bonchev–Trinajstić information content (AvgIpc) is 3.03. The maximum absolute atomic E-state index is 13.7. The number of aliphatic carboxylic acids is 1. The van der Waals surface area contributed by atoms with E-state index in [4.69, 9.17) is 4.74 Å². The van der Waals surface area contributed by atoms with Gasteiger partial charge in [-0.05, 0) is 56.8 Å². The number of hydrogen-bond donors (Lipinski definition) is 2. The van der Waals surface area contributed by atoms with Crippen LogP contribution in [0.2, 0.25) is 0 Å². The van der Waals surface area contributed by atoms with Crippen LogP contribution < -0.4 is 5.32 Å². The highest BCUT2D eigenvalue weighted by molar-refractivity contribution is 5.84. The van der Waals surface area contributed by atoms with Crippen molar-refractivity contribution in [2.24, 2.45) is 17.3 Å². The van der Waals surface area contributed by atoms with Crippen LogP contribution in [0, 0.1) is 17.3 Å². The maximum Gasteiger partial charge on any atom is 0.314 e. The van der Waals surface area contributed by atoms with Gasteiger partial charge in [0.25, 0.3) is 0 Å². The third-order valence-corrected chi connectivity index (χ3v) is 9.43. The van der Waals surface area contributed by atoms with Crippen LogP contribution >= 0.6 is 0 Å². The molecule has 6 heteroatoms. The monoisotopic (exact) mass is 636 g/mol. The molecule has 0 heterocycles. The van der Waals surface area contributed by atoms with Gasteiger partial charge in [0.15, 0.2) is 0 Å². The quantitative estimate of drug-likeness (QED) is 0.0436. The Kier molecular flexibility index (Phi) is 28.3. The number of carboxylic acid groups (broad SMARTS) is 1. The van der Waals surface area contributed by atoms with Crippen LogP contribution in [-0.4, -0.2) is 36.1 Å². The molecule has 0 saturated carbocycles. The summed E-state index contributed by atoms with van der Waals surface area (Å²) in [5.41, 5.74) is -1.25. The molecule has 0 aliphatic carbocycles. The van der Waals surface area contributed by atoms with Gasteiger partial charge in [-0.15, -0.1) is 0 Å². The number of unbranched alkanes of at least 4 members (excludes halogenated alkanes) is 13. The van der Waals surface area contributed by atoms with Gasteiger partial charge in [-0.2, -0.15) is 0 Å². The molecule has 0 aromatic heterocycles. The Labute approximate surface area is 278 Å². The summed E-state index contributed by atoms with van der Waals surface area (Å²) in [5.74, 6) is -1.11. The predicted octanol–water partition coefficient (Wildman–Crippen LogP) is 11.0. The zero-order chi connectivity index (χ0) is 33.6. The van der Waals surface area contributed by atoms with Gasteiger partial charge < -0.3 is 15.2 Å². The standard InChI is InChI=1S/C39H73NO5/c1-6-11-14-15-16-17-18-19-20-21-22-23-24-25-26-29-36(41)40-33-39(31-37(42)43,30-34(9-4)27-12-7-2)38(44)45-32-35(10-5)28-13-8-3/h19-20,34-35H,6-18,21-33H2,1-5H3,(H,40,41)(H,42,43)/b20-19-. The van der Waals surface area contributed by atoms with E-state index in [0.29, 0.717) is 19.4 Å². The molecule has 3 atom stereocenters.